The first-order valence-electron chi connectivity index (χ1n) is 7.02. The molecule has 7 heteroatoms. The average molecular weight is 313 g/mol. The topological polar surface area (TPSA) is 82.3 Å². The normalized spacial score (nSPS) is 21.8. The molecule has 2 atom stereocenters. The lowest BCUT2D eigenvalue weighted by Gasteiger charge is -2.28. The van der Waals surface area contributed by atoms with Gasteiger partial charge < -0.3 is 4.74 Å². The second-order valence-electron chi connectivity index (χ2n) is 5.26. The van der Waals surface area contributed by atoms with Crippen LogP contribution in [0.15, 0.2) is 12.3 Å². The van der Waals surface area contributed by atoms with Gasteiger partial charge in [-0.2, -0.15) is 0 Å². The van der Waals surface area contributed by atoms with E-state index in [1.165, 1.54) is 0 Å². The molecule has 21 heavy (non-hydrogen) atoms. The summed E-state index contributed by atoms with van der Waals surface area (Å²) < 4.78 is 5.44. The molecule has 0 N–H and O–H groups in total. The highest BCUT2D eigenvalue weighted by atomic mass is 35.5. The molecule has 0 radical (unpaired) electrons. The molecule has 1 heterocycles. The quantitative estimate of drug-likeness (QED) is 0.366. The van der Waals surface area contributed by atoms with Crippen LogP contribution in [0.5, 0.6) is 0 Å². The van der Waals surface area contributed by atoms with Gasteiger partial charge in [0.05, 0.1) is 4.92 Å². The third kappa shape index (κ3) is 3.91. The van der Waals surface area contributed by atoms with Crippen LogP contribution in [-0.4, -0.2) is 22.0 Å². The summed E-state index contributed by atoms with van der Waals surface area (Å²) in [5, 5.41) is 10.7. The second kappa shape index (κ2) is 6.85. The lowest BCUT2D eigenvalue weighted by atomic mass is 9.85. The van der Waals surface area contributed by atoms with Crippen LogP contribution in [0, 0.1) is 16.0 Å². The minimum absolute atomic E-state index is 0.0514. The number of nitrogens with zero attached hydrogens (tertiary/aromatic N) is 2. The summed E-state index contributed by atoms with van der Waals surface area (Å²) >= 11 is 5.83. The summed E-state index contributed by atoms with van der Waals surface area (Å²) in [5.41, 5.74) is -0.328. The number of hydrogen-bond donors (Lipinski definition) is 0. The zero-order valence-electron chi connectivity index (χ0n) is 11.8. The van der Waals surface area contributed by atoms with E-state index in [2.05, 4.69) is 11.9 Å². The Balaban J connectivity index is 2.09. The number of esters is 1. The van der Waals surface area contributed by atoms with Crippen LogP contribution in [0.1, 0.15) is 49.4 Å². The number of aromatic nitrogens is 1. The number of ether oxygens (including phenoxy) is 1. The van der Waals surface area contributed by atoms with Gasteiger partial charge >= 0.3 is 5.97 Å². The lowest BCUT2D eigenvalue weighted by Crippen LogP contribution is -2.25. The Morgan fingerprint density at radius 3 is 3.00 bits per heavy atom. The lowest BCUT2D eigenvalue weighted by molar-refractivity contribution is -0.385. The van der Waals surface area contributed by atoms with E-state index in [0.29, 0.717) is 5.92 Å². The number of carbonyl (C=O) groups is 1. The SMILES string of the molecule is CCC1CCCC(OC(=O)c2cc([N+](=O)[O-])cnc2Cl)C1. The van der Waals surface area contributed by atoms with E-state index < -0.39 is 10.9 Å². The van der Waals surface area contributed by atoms with Crippen LogP contribution < -0.4 is 0 Å². The van der Waals surface area contributed by atoms with Crippen molar-refractivity contribution in [2.24, 2.45) is 5.92 Å². The van der Waals surface area contributed by atoms with Crippen molar-refractivity contribution in [3.05, 3.63) is 33.1 Å². The predicted molar refractivity (Wildman–Crippen MR) is 77.4 cm³/mol. The van der Waals surface area contributed by atoms with Crippen molar-refractivity contribution in [3.63, 3.8) is 0 Å². The molecule has 0 saturated heterocycles. The maximum atomic E-state index is 12.1. The number of nitro groups is 1. The number of hydrogen-bond acceptors (Lipinski definition) is 5. The minimum Gasteiger partial charge on any atom is -0.459 e. The zero-order valence-corrected chi connectivity index (χ0v) is 12.5. The molecule has 0 amide bonds. The third-order valence-electron chi connectivity index (χ3n) is 3.84. The first-order chi connectivity index (χ1) is 10.0. The number of pyridine rings is 1. The van der Waals surface area contributed by atoms with Crippen LogP contribution in [0.4, 0.5) is 5.69 Å². The highest BCUT2D eigenvalue weighted by molar-refractivity contribution is 6.32. The fourth-order valence-corrected chi connectivity index (χ4v) is 2.79. The van der Waals surface area contributed by atoms with Gasteiger partial charge in [0, 0.05) is 6.07 Å². The van der Waals surface area contributed by atoms with E-state index in [1.54, 1.807) is 0 Å². The molecule has 2 rings (SSSR count). The highest BCUT2D eigenvalue weighted by Crippen LogP contribution is 2.29. The van der Waals surface area contributed by atoms with Gasteiger partial charge in [-0.3, -0.25) is 10.1 Å². The molecule has 0 spiro atoms. The molecule has 6 nitrogen and oxygen atoms in total. The molecule has 2 unspecified atom stereocenters. The molecule has 1 saturated carbocycles. The summed E-state index contributed by atoms with van der Waals surface area (Å²) in [6.07, 6.45) is 5.78. The smallest absolute Gasteiger partial charge is 0.341 e. The number of carbonyl (C=O) groups excluding carboxylic acids is 1. The predicted octanol–water partition coefficient (Wildman–Crippen LogP) is 3.77. The molecular formula is C14H17ClN2O4. The van der Waals surface area contributed by atoms with Gasteiger partial charge in [-0.25, -0.2) is 9.78 Å². The fourth-order valence-electron chi connectivity index (χ4n) is 2.61. The van der Waals surface area contributed by atoms with Crippen LogP contribution in [0.25, 0.3) is 0 Å². The first-order valence-corrected chi connectivity index (χ1v) is 7.40. The third-order valence-corrected chi connectivity index (χ3v) is 4.14. The van der Waals surface area contributed by atoms with E-state index in [-0.39, 0.29) is 22.5 Å². The van der Waals surface area contributed by atoms with E-state index in [4.69, 9.17) is 16.3 Å². The van der Waals surface area contributed by atoms with E-state index in [1.807, 2.05) is 0 Å². The molecule has 0 aromatic carbocycles. The number of rotatable bonds is 4. The largest absolute Gasteiger partial charge is 0.459 e. The summed E-state index contributed by atoms with van der Waals surface area (Å²) in [4.78, 5) is 25.9. The van der Waals surface area contributed by atoms with Crippen LogP contribution in [-0.2, 0) is 4.74 Å². The van der Waals surface area contributed by atoms with Gasteiger partial charge in [-0.05, 0) is 25.2 Å². The Hall–Kier alpha value is -1.69. The van der Waals surface area contributed by atoms with Crippen molar-refractivity contribution >= 4 is 23.3 Å². The standard InChI is InChI=1S/C14H17ClN2O4/c1-2-9-4-3-5-11(6-9)21-14(18)12-7-10(17(19)20)8-16-13(12)15/h7-9,11H,2-6H2,1H3. The molecule has 1 aromatic heterocycles. The van der Waals surface area contributed by atoms with E-state index >= 15 is 0 Å². The number of halogens is 1. The Morgan fingerprint density at radius 1 is 1.57 bits per heavy atom. The first kappa shape index (κ1) is 15.7. The molecule has 1 aromatic rings. The maximum absolute atomic E-state index is 12.1. The average Bonchev–Trinajstić information content (AvgIpc) is 2.47. The molecular weight excluding hydrogens is 296 g/mol. The van der Waals surface area contributed by atoms with Gasteiger partial charge in [0.2, 0.25) is 0 Å². The molecule has 0 bridgehead atoms. The maximum Gasteiger partial charge on any atom is 0.341 e. The van der Waals surface area contributed by atoms with Crippen LogP contribution in [0.3, 0.4) is 0 Å². The summed E-state index contributed by atoms with van der Waals surface area (Å²) in [7, 11) is 0. The molecule has 1 aliphatic carbocycles. The zero-order chi connectivity index (χ0) is 15.4. The van der Waals surface area contributed by atoms with Crippen molar-refractivity contribution < 1.29 is 14.5 Å². The van der Waals surface area contributed by atoms with Gasteiger partial charge in [-0.1, -0.05) is 31.4 Å². The van der Waals surface area contributed by atoms with Crippen molar-refractivity contribution in [3.8, 4) is 0 Å². The van der Waals surface area contributed by atoms with Crippen molar-refractivity contribution in [2.45, 2.75) is 45.1 Å². The van der Waals surface area contributed by atoms with Gasteiger partial charge in [-0.15, -0.1) is 0 Å². The highest BCUT2D eigenvalue weighted by Gasteiger charge is 2.26. The summed E-state index contributed by atoms with van der Waals surface area (Å²) in [6, 6.07) is 1.11. The molecule has 1 fully saturated rings. The van der Waals surface area contributed by atoms with Gasteiger partial charge in [0.25, 0.3) is 5.69 Å². The van der Waals surface area contributed by atoms with E-state index in [0.717, 1.165) is 44.4 Å². The Bertz CT molecular complexity index is 550. The van der Waals surface area contributed by atoms with E-state index in [9.17, 15) is 14.9 Å². The molecule has 114 valence electrons. The Kier molecular flexibility index (Phi) is 5.12. The summed E-state index contributed by atoms with van der Waals surface area (Å²) in [6.45, 7) is 2.12. The second-order valence-corrected chi connectivity index (χ2v) is 5.62. The summed E-state index contributed by atoms with van der Waals surface area (Å²) in [5.74, 6) is -0.0757. The van der Waals surface area contributed by atoms with Gasteiger partial charge in [0.1, 0.15) is 23.0 Å². The van der Waals surface area contributed by atoms with Crippen molar-refractivity contribution in [2.75, 3.05) is 0 Å². The van der Waals surface area contributed by atoms with Crippen molar-refractivity contribution in [1.82, 2.24) is 4.98 Å². The van der Waals surface area contributed by atoms with Crippen LogP contribution in [0.2, 0.25) is 5.15 Å². The molecule has 0 aliphatic heterocycles. The van der Waals surface area contributed by atoms with Gasteiger partial charge in [0.15, 0.2) is 0 Å². The minimum atomic E-state index is -0.641. The van der Waals surface area contributed by atoms with Crippen LogP contribution >= 0.6 is 11.6 Å². The van der Waals surface area contributed by atoms with Crippen molar-refractivity contribution in [1.29, 1.82) is 0 Å². The molecule has 1 aliphatic rings. The fraction of sp³-hybridized carbons (Fsp3) is 0.571. The monoisotopic (exact) mass is 312 g/mol. The Labute approximate surface area is 127 Å². The Morgan fingerprint density at radius 2 is 2.33 bits per heavy atom.